The van der Waals surface area contributed by atoms with Crippen LogP contribution in [-0.4, -0.2) is 0 Å². The Morgan fingerprint density at radius 3 is 2.19 bits per heavy atom. The van der Waals surface area contributed by atoms with Gasteiger partial charge in [0.05, 0.1) is 0 Å². The van der Waals surface area contributed by atoms with E-state index < -0.39 is 0 Å². The summed E-state index contributed by atoms with van der Waals surface area (Å²) < 4.78 is 0. The fourth-order valence-electron chi connectivity index (χ4n) is 2.43. The number of benzene rings is 3. The summed E-state index contributed by atoms with van der Waals surface area (Å²) in [7, 11) is 0. The Morgan fingerprint density at radius 2 is 1.43 bits per heavy atom. The van der Waals surface area contributed by atoms with Crippen LogP contribution in [0.3, 0.4) is 0 Å². The molecule has 3 aromatic rings. The van der Waals surface area contributed by atoms with Crippen LogP contribution in [0.25, 0.3) is 11.1 Å². The molecule has 0 atom stereocenters. The molecule has 0 aliphatic carbocycles. The largest absolute Gasteiger partial charge is 0.398 e. The highest BCUT2D eigenvalue weighted by Gasteiger charge is 2.06. The van der Waals surface area contributed by atoms with Crippen LogP contribution in [0.5, 0.6) is 0 Å². The summed E-state index contributed by atoms with van der Waals surface area (Å²) >= 11 is 0. The van der Waals surface area contributed by atoms with Crippen LogP contribution in [0.2, 0.25) is 0 Å². The third-order valence-electron chi connectivity index (χ3n) is 3.55. The Morgan fingerprint density at radius 1 is 0.714 bits per heavy atom. The summed E-state index contributed by atoms with van der Waals surface area (Å²) in [6.45, 7) is 2.10. The summed E-state index contributed by atoms with van der Waals surface area (Å²) in [6.07, 6.45) is 0. The van der Waals surface area contributed by atoms with E-state index in [1.165, 1.54) is 11.1 Å². The molecule has 3 rings (SSSR count). The van der Waals surface area contributed by atoms with E-state index in [1.54, 1.807) is 0 Å². The molecule has 0 unspecified atom stereocenters. The fourth-order valence-corrected chi connectivity index (χ4v) is 2.43. The van der Waals surface area contributed by atoms with E-state index in [0.717, 1.165) is 22.6 Å². The van der Waals surface area contributed by atoms with Gasteiger partial charge in [-0.1, -0.05) is 42.5 Å². The average Bonchev–Trinajstić information content (AvgIpc) is 2.51. The predicted molar refractivity (Wildman–Crippen MR) is 90.8 cm³/mol. The molecule has 0 heterocycles. The van der Waals surface area contributed by atoms with E-state index in [-0.39, 0.29) is 0 Å². The number of rotatable bonds is 3. The van der Waals surface area contributed by atoms with Crippen molar-refractivity contribution in [2.75, 3.05) is 11.1 Å². The second-order valence-electron chi connectivity index (χ2n) is 5.11. The summed E-state index contributed by atoms with van der Waals surface area (Å²) in [5.41, 5.74) is 12.5. The monoisotopic (exact) mass is 274 g/mol. The lowest BCUT2D eigenvalue weighted by Crippen LogP contribution is -1.95. The summed E-state index contributed by atoms with van der Waals surface area (Å²) in [6, 6.07) is 24.5. The summed E-state index contributed by atoms with van der Waals surface area (Å²) in [5.74, 6) is 0. The molecule has 2 nitrogen and oxygen atoms in total. The molecule has 104 valence electrons. The average molecular weight is 274 g/mol. The van der Waals surface area contributed by atoms with Gasteiger partial charge in [0, 0.05) is 22.6 Å². The number of anilines is 3. The van der Waals surface area contributed by atoms with E-state index in [9.17, 15) is 0 Å². The highest BCUT2D eigenvalue weighted by Crippen LogP contribution is 2.32. The first-order chi connectivity index (χ1) is 10.2. The highest BCUT2D eigenvalue weighted by molar-refractivity contribution is 5.82. The molecule has 0 spiro atoms. The molecular weight excluding hydrogens is 256 g/mol. The van der Waals surface area contributed by atoms with Crippen molar-refractivity contribution in [3.63, 3.8) is 0 Å². The van der Waals surface area contributed by atoms with Crippen LogP contribution >= 0.6 is 0 Å². The van der Waals surface area contributed by atoms with Crippen molar-refractivity contribution < 1.29 is 0 Å². The maximum Gasteiger partial charge on any atom is 0.0395 e. The Bertz CT molecular complexity index is 749. The van der Waals surface area contributed by atoms with Crippen molar-refractivity contribution in [1.82, 2.24) is 0 Å². The van der Waals surface area contributed by atoms with Gasteiger partial charge in [-0.05, 0) is 48.4 Å². The Kier molecular flexibility index (Phi) is 3.61. The first-order valence-electron chi connectivity index (χ1n) is 7.01. The molecule has 0 saturated carbocycles. The Labute approximate surface area is 125 Å². The zero-order chi connectivity index (χ0) is 14.7. The number of nitrogens with one attached hydrogen (secondary N) is 1. The minimum atomic E-state index is 0.794. The van der Waals surface area contributed by atoms with Gasteiger partial charge in [0.25, 0.3) is 0 Å². The van der Waals surface area contributed by atoms with Crippen molar-refractivity contribution in [1.29, 1.82) is 0 Å². The number of hydrogen-bond donors (Lipinski definition) is 2. The maximum atomic E-state index is 6.16. The summed E-state index contributed by atoms with van der Waals surface area (Å²) in [4.78, 5) is 0. The van der Waals surface area contributed by atoms with Crippen LogP contribution in [-0.2, 0) is 0 Å². The Hall–Kier alpha value is -2.74. The maximum absolute atomic E-state index is 6.16. The van der Waals surface area contributed by atoms with Crippen molar-refractivity contribution in [2.24, 2.45) is 0 Å². The number of aryl methyl sites for hydroxylation is 1. The number of nitrogen functional groups attached to an aromatic ring is 1. The fraction of sp³-hybridized carbons (Fsp3) is 0.0526. The van der Waals surface area contributed by atoms with E-state index in [2.05, 4.69) is 30.4 Å². The lowest BCUT2D eigenvalue weighted by molar-refractivity contribution is 1.45. The SMILES string of the molecule is Cc1ccccc1-c1cc(Nc2ccccc2)ccc1N. The van der Waals surface area contributed by atoms with Gasteiger partial charge in [-0.25, -0.2) is 0 Å². The van der Waals surface area contributed by atoms with Crippen molar-refractivity contribution in [3.05, 3.63) is 78.4 Å². The Balaban J connectivity index is 1.99. The van der Waals surface area contributed by atoms with Crippen LogP contribution < -0.4 is 11.1 Å². The first kappa shape index (κ1) is 13.3. The van der Waals surface area contributed by atoms with Gasteiger partial charge in [0.15, 0.2) is 0 Å². The highest BCUT2D eigenvalue weighted by atomic mass is 14.9. The topological polar surface area (TPSA) is 38.0 Å². The van der Waals surface area contributed by atoms with Crippen molar-refractivity contribution >= 4 is 17.1 Å². The van der Waals surface area contributed by atoms with E-state index in [1.807, 2.05) is 54.6 Å². The molecule has 3 N–H and O–H groups in total. The molecule has 21 heavy (non-hydrogen) atoms. The molecule has 0 aliphatic rings. The van der Waals surface area contributed by atoms with Crippen LogP contribution in [0.1, 0.15) is 5.56 Å². The van der Waals surface area contributed by atoms with E-state index >= 15 is 0 Å². The summed E-state index contributed by atoms with van der Waals surface area (Å²) in [5, 5.41) is 3.41. The van der Waals surface area contributed by atoms with Crippen molar-refractivity contribution in [3.8, 4) is 11.1 Å². The first-order valence-corrected chi connectivity index (χ1v) is 7.01. The van der Waals surface area contributed by atoms with Gasteiger partial charge in [0.2, 0.25) is 0 Å². The van der Waals surface area contributed by atoms with Crippen LogP contribution in [0.4, 0.5) is 17.1 Å². The van der Waals surface area contributed by atoms with Gasteiger partial charge in [-0.2, -0.15) is 0 Å². The van der Waals surface area contributed by atoms with Gasteiger partial charge in [0.1, 0.15) is 0 Å². The molecule has 0 bridgehead atoms. The third-order valence-corrected chi connectivity index (χ3v) is 3.55. The second kappa shape index (κ2) is 5.71. The van der Waals surface area contributed by atoms with Crippen LogP contribution in [0, 0.1) is 6.92 Å². The zero-order valence-corrected chi connectivity index (χ0v) is 12.0. The number of nitrogens with two attached hydrogens (primary N) is 1. The molecule has 0 aliphatic heterocycles. The van der Waals surface area contributed by atoms with Crippen LogP contribution in [0.15, 0.2) is 72.8 Å². The molecule has 3 aromatic carbocycles. The number of para-hydroxylation sites is 1. The van der Waals surface area contributed by atoms with Gasteiger partial charge in [-0.3, -0.25) is 0 Å². The lowest BCUT2D eigenvalue weighted by atomic mass is 9.98. The van der Waals surface area contributed by atoms with Gasteiger partial charge in [-0.15, -0.1) is 0 Å². The van der Waals surface area contributed by atoms with Crippen molar-refractivity contribution in [2.45, 2.75) is 6.92 Å². The molecule has 0 amide bonds. The van der Waals surface area contributed by atoms with E-state index in [4.69, 9.17) is 5.73 Å². The van der Waals surface area contributed by atoms with E-state index in [0.29, 0.717) is 0 Å². The lowest BCUT2D eigenvalue weighted by Gasteiger charge is -2.12. The minimum Gasteiger partial charge on any atom is -0.398 e. The smallest absolute Gasteiger partial charge is 0.0395 e. The molecule has 0 radical (unpaired) electrons. The second-order valence-corrected chi connectivity index (χ2v) is 5.11. The third kappa shape index (κ3) is 2.90. The quantitative estimate of drug-likeness (QED) is 0.660. The number of hydrogen-bond acceptors (Lipinski definition) is 2. The zero-order valence-electron chi connectivity index (χ0n) is 12.0. The molecular formula is C19H18N2. The standard InChI is InChI=1S/C19H18N2/c1-14-7-5-6-10-17(14)18-13-16(11-12-19(18)20)21-15-8-3-2-4-9-15/h2-13,21H,20H2,1H3. The normalized spacial score (nSPS) is 10.3. The predicted octanol–water partition coefficient (Wildman–Crippen LogP) is 4.99. The molecule has 0 aromatic heterocycles. The molecule has 0 saturated heterocycles. The molecule has 0 fully saturated rings. The van der Waals surface area contributed by atoms with Gasteiger partial charge >= 0.3 is 0 Å². The van der Waals surface area contributed by atoms with Gasteiger partial charge < -0.3 is 11.1 Å². The minimum absolute atomic E-state index is 0.794. The molecule has 2 heteroatoms.